The van der Waals surface area contributed by atoms with Crippen molar-refractivity contribution < 1.29 is 14.1 Å². The molecule has 168 valence electrons. The summed E-state index contributed by atoms with van der Waals surface area (Å²) >= 11 is 0. The molecule has 0 aromatic heterocycles. The first-order valence-electron chi connectivity index (χ1n) is 9.74. The van der Waals surface area contributed by atoms with E-state index in [9.17, 15) is 14.5 Å². The van der Waals surface area contributed by atoms with E-state index in [1.54, 1.807) is 25.2 Å². The van der Waals surface area contributed by atoms with Crippen LogP contribution in [0, 0.1) is 15.9 Å². The van der Waals surface area contributed by atoms with Crippen molar-refractivity contribution in [2.24, 2.45) is 4.99 Å². The van der Waals surface area contributed by atoms with Crippen molar-refractivity contribution >= 4 is 35.6 Å². The normalized spacial score (nSPS) is 14.7. The number of nitrogens with zero attached hydrogens (tertiary/aromatic N) is 4. The van der Waals surface area contributed by atoms with E-state index in [0.717, 1.165) is 43.3 Å². The van der Waals surface area contributed by atoms with E-state index in [0.29, 0.717) is 13.1 Å². The quantitative estimate of drug-likeness (QED) is 0.198. The van der Waals surface area contributed by atoms with Gasteiger partial charge in [0.1, 0.15) is 0 Å². The van der Waals surface area contributed by atoms with Gasteiger partial charge in [0.25, 0.3) is 5.69 Å². The molecule has 10 heteroatoms. The maximum atomic E-state index is 13.9. The van der Waals surface area contributed by atoms with Crippen LogP contribution in [0.1, 0.15) is 11.1 Å². The van der Waals surface area contributed by atoms with Crippen LogP contribution in [0.3, 0.4) is 0 Å². The highest BCUT2D eigenvalue weighted by Crippen LogP contribution is 2.19. The highest BCUT2D eigenvalue weighted by molar-refractivity contribution is 14.0. The molecular formula is C21H27FIN5O3. The molecule has 0 aliphatic carbocycles. The van der Waals surface area contributed by atoms with Crippen LogP contribution >= 0.6 is 24.0 Å². The van der Waals surface area contributed by atoms with Crippen molar-refractivity contribution in [1.29, 1.82) is 0 Å². The molecule has 0 amide bonds. The van der Waals surface area contributed by atoms with Crippen LogP contribution in [-0.2, 0) is 13.1 Å². The first-order chi connectivity index (χ1) is 14.5. The Morgan fingerprint density at radius 3 is 2.55 bits per heavy atom. The molecule has 2 aromatic rings. The minimum atomic E-state index is -0.397. The lowest BCUT2D eigenvalue weighted by Crippen LogP contribution is -2.52. The molecule has 1 saturated heterocycles. The zero-order chi connectivity index (χ0) is 21.5. The summed E-state index contributed by atoms with van der Waals surface area (Å²) in [5.41, 5.74) is 1.81. The van der Waals surface area contributed by atoms with Crippen LogP contribution in [0.25, 0.3) is 0 Å². The van der Waals surface area contributed by atoms with E-state index >= 15 is 0 Å². The van der Waals surface area contributed by atoms with Gasteiger partial charge < -0.3 is 15.0 Å². The predicted octanol–water partition coefficient (Wildman–Crippen LogP) is 3.25. The third-order valence-corrected chi connectivity index (χ3v) is 5.08. The van der Waals surface area contributed by atoms with Gasteiger partial charge in [-0.15, -0.1) is 24.0 Å². The van der Waals surface area contributed by atoms with E-state index in [-0.39, 0.29) is 41.2 Å². The predicted molar refractivity (Wildman–Crippen MR) is 129 cm³/mol. The average Bonchev–Trinajstić information content (AvgIpc) is 2.75. The van der Waals surface area contributed by atoms with E-state index < -0.39 is 4.92 Å². The number of nitro groups is 1. The molecular weight excluding hydrogens is 516 g/mol. The number of rotatable bonds is 6. The Morgan fingerprint density at radius 1 is 1.19 bits per heavy atom. The second-order valence-electron chi connectivity index (χ2n) is 7.06. The lowest BCUT2D eigenvalue weighted by atomic mass is 10.2. The number of nitro benzene ring substituents is 1. The Bertz CT molecular complexity index is 920. The van der Waals surface area contributed by atoms with Gasteiger partial charge in [-0.3, -0.25) is 20.0 Å². The molecule has 8 nitrogen and oxygen atoms in total. The average molecular weight is 543 g/mol. The van der Waals surface area contributed by atoms with Gasteiger partial charge in [0, 0.05) is 58.4 Å². The number of non-ortho nitro benzene ring substituents is 1. The third kappa shape index (κ3) is 6.76. The number of piperazine rings is 1. The van der Waals surface area contributed by atoms with Gasteiger partial charge in [0.2, 0.25) is 0 Å². The van der Waals surface area contributed by atoms with Gasteiger partial charge in [-0.05, 0) is 23.3 Å². The number of guanidine groups is 1. The fourth-order valence-corrected chi connectivity index (χ4v) is 3.48. The standard InChI is InChI=1S/C21H26FN5O3.HI/c1-23-21(24-14-16-4-3-5-18(12-16)27(28)29)26-10-8-25(9-11-26)15-17-6-7-20(30-2)19(22)13-17;/h3-7,12-13H,8-11,14-15H2,1-2H3,(H,23,24);1H. The van der Waals surface area contributed by atoms with Gasteiger partial charge in [-0.25, -0.2) is 4.39 Å². The first-order valence-corrected chi connectivity index (χ1v) is 9.74. The minimum Gasteiger partial charge on any atom is -0.494 e. The lowest BCUT2D eigenvalue weighted by Gasteiger charge is -2.36. The SMILES string of the molecule is CN=C(NCc1cccc([N+](=O)[O-])c1)N1CCN(Cc2ccc(OC)c(F)c2)CC1.I. The van der Waals surface area contributed by atoms with E-state index in [4.69, 9.17) is 4.74 Å². The molecule has 0 spiro atoms. The molecule has 1 aliphatic heterocycles. The summed E-state index contributed by atoms with van der Waals surface area (Å²) in [4.78, 5) is 19.3. The Morgan fingerprint density at radius 2 is 1.94 bits per heavy atom. The minimum absolute atomic E-state index is 0. The van der Waals surface area contributed by atoms with Crippen LogP contribution in [0.2, 0.25) is 0 Å². The van der Waals surface area contributed by atoms with Crippen molar-refractivity contribution in [2.45, 2.75) is 13.1 Å². The topological polar surface area (TPSA) is 83.2 Å². The molecule has 1 aliphatic rings. The summed E-state index contributed by atoms with van der Waals surface area (Å²) in [6.07, 6.45) is 0. The maximum Gasteiger partial charge on any atom is 0.269 e. The Kier molecular flexibility index (Phi) is 9.44. The first kappa shape index (κ1) is 24.8. The van der Waals surface area contributed by atoms with Crippen molar-refractivity contribution in [2.75, 3.05) is 40.3 Å². The van der Waals surface area contributed by atoms with Crippen LogP contribution in [0.4, 0.5) is 10.1 Å². The Labute approximate surface area is 198 Å². The molecule has 3 rings (SSSR count). The van der Waals surface area contributed by atoms with Crippen LogP contribution in [0.15, 0.2) is 47.5 Å². The molecule has 2 aromatic carbocycles. The zero-order valence-electron chi connectivity index (χ0n) is 17.6. The van der Waals surface area contributed by atoms with Crippen molar-refractivity contribution in [3.63, 3.8) is 0 Å². The van der Waals surface area contributed by atoms with Gasteiger partial charge in [-0.1, -0.05) is 18.2 Å². The number of benzene rings is 2. The van der Waals surface area contributed by atoms with Crippen molar-refractivity contribution in [1.82, 2.24) is 15.1 Å². The smallest absolute Gasteiger partial charge is 0.269 e. The highest BCUT2D eigenvalue weighted by atomic mass is 127. The number of hydrogen-bond donors (Lipinski definition) is 1. The van der Waals surface area contributed by atoms with E-state index in [1.165, 1.54) is 19.2 Å². The molecule has 1 fully saturated rings. The number of nitrogens with one attached hydrogen (secondary N) is 1. The summed E-state index contributed by atoms with van der Waals surface area (Å²) in [5.74, 6) is 0.665. The maximum absolute atomic E-state index is 13.9. The van der Waals surface area contributed by atoms with Crippen molar-refractivity contribution in [3.8, 4) is 5.75 Å². The molecule has 0 atom stereocenters. The van der Waals surface area contributed by atoms with Crippen LogP contribution < -0.4 is 10.1 Å². The third-order valence-electron chi connectivity index (χ3n) is 5.08. The van der Waals surface area contributed by atoms with Gasteiger partial charge in [0.05, 0.1) is 12.0 Å². The monoisotopic (exact) mass is 543 g/mol. The second kappa shape index (κ2) is 11.8. The number of methoxy groups -OCH3 is 1. The van der Waals surface area contributed by atoms with Crippen LogP contribution in [-0.4, -0.2) is 61.0 Å². The molecule has 1 N–H and O–H groups in total. The molecule has 0 unspecified atom stereocenters. The van der Waals surface area contributed by atoms with E-state index in [2.05, 4.69) is 20.1 Å². The Balaban J connectivity index is 0.00000341. The summed E-state index contributed by atoms with van der Waals surface area (Å²) in [6.45, 7) is 4.35. The Hall–Kier alpha value is -2.47. The van der Waals surface area contributed by atoms with Crippen molar-refractivity contribution in [3.05, 3.63) is 69.5 Å². The second-order valence-corrected chi connectivity index (χ2v) is 7.06. The molecule has 1 heterocycles. The summed E-state index contributed by atoms with van der Waals surface area (Å²) in [5, 5.41) is 14.2. The zero-order valence-corrected chi connectivity index (χ0v) is 19.9. The van der Waals surface area contributed by atoms with Gasteiger partial charge >= 0.3 is 0 Å². The number of hydrogen-bond acceptors (Lipinski definition) is 5. The van der Waals surface area contributed by atoms with E-state index in [1.807, 2.05) is 12.1 Å². The fraction of sp³-hybridized carbons (Fsp3) is 0.381. The molecule has 31 heavy (non-hydrogen) atoms. The highest BCUT2D eigenvalue weighted by Gasteiger charge is 2.20. The van der Waals surface area contributed by atoms with Crippen LogP contribution in [0.5, 0.6) is 5.75 Å². The molecule has 0 bridgehead atoms. The number of halogens is 2. The van der Waals surface area contributed by atoms with Gasteiger partial charge in [-0.2, -0.15) is 0 Å². The largest absolute Gasteiger partial charge is 0.494 e. The lowest BCUT2D eigenvalue weighted by molar-refractivity contribution is -0.384. The molecule has 0 saturated carbocycles. The summed E-state index contributed by atoms with van der Waals surface area (Å²) in [6, 6.07) is 11.6. The summed E-state index contributed by atoms with van der Waals surface area (Å²) < 4.78 is 18.9. The number of aliphatic imine (C=N–C) groups is 1. The molecule has 0 radical (unpaired) electrons. The van der Waals surface area contributed by atoms with Gasteiger partial charge in [0.15, 0.2) is 17.5 Å². The summed E-state index contributed by atoms with van der Waals surface area (Å²) in [7, 11) is 3.18. The number of ether oxygens (including phenoxy) is 1. The fourth-order valence-electron chi connectivity index (χ4n) is 3.48.